The zero-order chi connectivity index (χ0) is 16.5. The van der Waals surface area contributed by atoms with Gasteiger partial charge in [0.1, 0.15) is 5.75 Å². The number of hydrogen-bond acceptors (Lipinski definition) is 4. The molecule has 0 aliphatic rings. The first-order chi connectivity index (χ1) is 10.4. The standard InChI is InChI=1S/C16H21Br2NO3/c1-4-21-15(20)7-6-12-10-13(17)16(14(18)11-12)22-9-5-8-19(2)3/h6-7,10-11H,4-5,8-9H2,1-3H3/b7-6+. The Balaban J connectivity index is 2.69. The lowest BCUT2D eigenvalue weighted by atomic mass is 10.2. The molecule has 6 heteroatoms. The van der Waals surface area contributed by atoms with Gasteiger partial charge in [0.05, 0.1) is 22.2 Å². The van der Waals surface area contributed by atoms with Crippen molar-refractivity contribution < 1.29 is 14.3 Å². The van der Waals surface area contributed by atoms with E-state index in [1.54, 1.807) is 13.0 Å². The van der Waals surface area contributed by atoms with E-state index in [1.807, 2.05) is 26.2 Å². The van der Waals surface area contributed by atoms with Gasteiger partial charge in [-0.1, -0.05) is 0 Å². The maximum Gasteiger partial charge on any atom is 0.330 e. The third-order valence-corrected chi connectivity index (χ3v) is 3.89. The van der Waals surface area contributed by atoms with Crippen molar-refractivity contribution in [2.75, 3.05) is 33.9 Å². The lowest BCUT2D eigenvalue weighted by Gasteiger charge is -2.13. The van der Waals surface area contributed by atoms with E-state index in [4.69, 9.17) is 9.47 Å². The van der Waals surface area contributed by atoms with E-state index in [-0.39, 0.29) is 5.97 Å². The smallest absolute Gasteiger partial charge is 0.330 e. The zero-order valence-electron chi connectivity index (χ0n) is 13.1. The van der Waals surface area contributed by atoms with Crippen molar-refractivity contribution >= 4 is 43.9 Å². The van der Waals surface area contributed by atoms with Gasteiger partial charge in [-0.15, -0.1) is 0 Å². The number of benzene rings is 1. The first-order valence-corrected chi connectivity index (χ1v) is 8.64. The maximum absolute atomic E-state index is 11.3. The Kier molecular flexibility index (Phi) is 8.75. The van der Waals surface area contributed by atoms with Crippen LogP contribution >= 0.6 is 31.9 Å². The average Bonchev–Trinajstić information content (AvgIpc) is 2.43. The van der Waals surface area contributed by atoms with Crippen LogP contribution in [0.2, 0.25) is 0 Å². The molecule has 1 rings (SSSR count). The second-order valence-electron chi connectivity index (χ2n) is 4.90. The quantitative estimate of drug-likeness (QED) is 0.350. The Bertz CT molecular complexity index is 507. The molecule has 0 N–H and O–H groups in total. The molecule has 0 atom stereocenters. The molecule has 4 nitrogen and oxygen atoms in total. The first-order valence-electron chi connectivity index (χ1n) is 7.05. The van der Waals surface area contributed by atoms with E-state index < -0.39 is 0 Å². The summed E-state index contributed by atoms with van der Waals surface area (Å²) in [6.45, 7) is 3.78. The van der Waals surface area contributed by atoms with Crippen LogP contribution in [0.25, 0.3) is 6.08 Å². The lowest BCUT2D eigenvalue weighted by Crippen LogP contribution is -2.15. The third-order valence-electron chi connectivity index (χ3n) is 2.72. The Hall–Kier alpha value is -0.850. The number of hydrogen-bond donors (Lipinski definition) is 0. The van der Waals surface area contributed by atoms with Gasteiger partial charge in [-0.2, -0.15) is 0 Å². The fourth-order valence-electron chi connectivity index (χ4n) is 1.72. The van der Waals surface area contributed by atoms with Crippen molar-refractivity contribution in [3.63, 3.8) is 0 Å². The molecule has 0 saturated carbocycles. The fraction of sp³-hybridized carbons (Fsp3) is 0.438. The molecular formula is C16H21Br2NO3. The second-order valence-corrected chi connectivity index (χ2v) is 6.61. The predicted octanol–water partition coefficient (Wildman–Crippen LogP) is 4.12. The fourth-order valence-corrected chi connectivity index (χ4v) is 3.17. The Labute approximate surface area is 148 Å². The van der Waals surface area contributed by atoms with Gasteiger partial charge in [-0.05, 0) is 83.1 Å². The summed E-state index contributed by atoms with van der Waals surface area (Å²) >= 11 is 7.00. The minimum atomic E-state index is -0.348. The van der Waals surface area contributed by atoms with Crippen molar-refractivity contribution in [3.05, 3.63) is 32.7 Å². The molecule has 0 amide bonds. The van der Waals surface area contributed by atoms with E-state index in [9.17, 15) is 4.79 Å². The molecular weight excluding hydrogens is 414 g/mol. The maximum atomic E-state index is 11.3. The van der Waals surface area contributed by atoms with Crippen molar-refractivity contribution in [2.45, 2.75) is 13.3 Å². The van der Waals surface area contributed by atoms with Gasteiger partial charge in [0.25, 0.3) is 0 Å². The Morgan fingerprint density at radius 1 is 1.27 bits per heavy atom. The van der Waals surface area contributed by atoms with Gasteiger partial charge in [-0.3, -0.25) is 0 Å². The molecule has 0 aromatic heterocycles. The summed E-state index contributed by atoms with van der Waals surface area (Å²) in [4.78, 5) is 13.4. The molecule has 0 bridgehead atoms. The molecule has 0 aliphatic heterocycles. The number of halogens is 2. The van der Waals surface area contributed by atoms with Gasteiger partial charge < -0.3 is 14.4 Å². The molecule has 0 saturated heterocycles. The van der Waals surface area contributed by atoms with Gasteiger partial charge in [0, 0.05) is 12.6 Å². The molecule has 1 aromatic rings. The minimum Gasteiger partial charge on any atom is -0.491 e. The number of ether oxygens (including phenoxy) is 2. The predicted molar refractivity (Wildman–Crippen MR) is 96.2 cm³/mol. The van der Waals surface area contributed by atoms with E-state index >= 15 is 0 Å². The number of carbonyl (C=O) groups is 1. The van der Waals surface area contributed by atoms with Crippen LogP contribution < -0.4 is 4.74 Å². The minimum absolute atomic E-state index is 0.348. The topological polar surface area (TPSA) is 38.8 Å². The molecule has 1 aromatic carbocycles. The molecule has 22 heavy (non-hydrogen) atoms. The highest BCUT2D eigenvalue weighted by atomic mass is 79.9. The van der Waals surface area contributed by atoms with Crippen molar-refractivity contribution in [1.29, 1.82) is 0 Å². The lowest BCUT2D eigenvalue weighted by molar-refractivity contribution is -0.137. The molecule has 122 valence electrons. The van der Waals surface area contributed by atoms with E-state index in [0.29, 0.717) is 13.2 Å². The Morgan fingerprint density at radius 2 is 1.91 bits per heavy atom. The summed E-state index contributed by atoms with van der Waals surface area (Å²) in [6.07, 6.45) is 4.08. The summed E-state index contributed by atoms with van der Waals surface area (Å²) in [7, 11) is 4.08. The number of carbonyl (C=O) groups excluding carboxylic acids is 1. The number of rotatable bonds is 8. The van der Waals surface area contributed by atoms with E-state index in [2.05, 4.69) is 36.8 Å². The molecule has 0 heterocycles. The van der Waals surface area contributed by atoms with Crippen LogP contribution in [0.1, 0.15) is 18.9 Å². The summed E-state index contributed by atoms with van der Waals surface area (Å²) in [6, 6.07) is 3.81. The van der Waals surface area contributed by atoms with Crippen molar-refractivity contribution in [1.82, 2.24) is 4.90 Å². The monoisotopic (exact) mass is 433 g/mol. The number of esters is 1. The summed E-state index contributed by atoms with van der Waals surface area (Å²) < 4.78 is 12.3. The van der Waals surface area contributed by atoms with Crippen molar-refractivity contribution in [2.24, 2.45) is 0 Å². The van der Waals surface area contributed by atoms with Gasteiger partial charge >= 0.3 is 5.97 Å². The van der Waals surface area contributed by atoms with Crippen LogP contribution in [0.5, 0.6) is 5.75 Å². The summed E-state index contributed by atoms with van der Waals surface area (Å²) in [5.74, 6) is 0.422. The molecule has 0 aliphatic carbocycles. The van der Waals surface area contributed by atoms with Crippen molar-refractivity contribution in [3.8, 4) is 5.75 Å². The largest absolute Gasteiger partial charge is 0.491 e. The van der Waals surface area contributed by atoms with Crippen LogP contribution in [-0.4, -0.2) is 44.7 Å². The SMILES string of the molecule is CCOC(=O)/C=C/c1cc(Br)c(OCCCN(C)C)c(Br)c1. The van der Waals surface area contributed by atoms with Crippen LogP contribution in [0.15, 0.2) is 27.2 Å². The normalized spacial score (nSPS) is 11.2. The molecule has 0 spiro atoms. The highest BCUT2D eigenvalue weighted by Crippen LogP contribution is 2.35. The highest BCUT2D eigenvalue weighted by molar-refractivity contribution is 9.11. The van der Waals surface area contributed by atoms with Crippen LogP contribution in [-0.2, 0) is 9.53 Å². The molecule has 0 fully saturated rings. The summed E-state index contributed by atoms with van der Waals surface area (Å²) in [5.41, 5.74) is 0.882. The van der Waals surface area contributed by atoms with Crippen LogP contribution in [0.4, 0.5) is 0 Å². The highest BCUT2D eigenvalue weighted by Gasteiger charge is 2.08. The van der Waals surface area contributed by atoms with E-state index in [1.165, 1.54) is 6.08 Å². The average molecular weight is 435 g/mol. The molecule has 0 radical (unpaired) electrons. The number of nitrogens with zero attached hydrogens (tertiary/aromatic N) is 1. The third kappa shape index (κ3) is 6.94. The summed E-state index contributed by atoms with van der Waals surface area (Å²) in [5, 5.41) is 0. The van der Waals surface area contributed by atoms with Crippen LogP contribution in [0, 0.1) is 0 Å². The van der Waals surface area contributed by atoms with Gasteiger partial charge in [0.2, 0.25) is 0 Å². The van der Waals surface area contributed by atoms with Gasteiger partial charge in [0.15, 0.2) is 0 Å². The first kappa shape index (κ1) is 19.2. The van der Waals surface area contributed by atoms with E-state index in [0.717, 1.165) is 33.2 Å². The zero-order valence-corrected chi connectivity index (χ0v) is 16.2. The molecule has 0 unspecified atom stereocenters. The Morgan fingerprint density at radius 3 is 2.45 bits per heavy atom. The second kappa shape index (κ2) is 10.0. The van der Waals surface area contributed by atoms with Crippen LogP contribution in [0.3, 0.4) is 0 Å². The van der Waals surface area contributed by atoms with Gasteiger partial charge in [-0.25, -0.2) is 4.79 Å².